The van der Waals surface area contributed by atoms with Gasteiger partial charge in [-0.05, 0) is 42.8 Å². The van der Waals surface area contributed by atoms with Gasteiger partial charge in [0.05, 0.1) is 12.7 Å². The minimum absolute atomic E-state index is 0.0187. The lowest BCUT2D eigenvalue weighted by Gasteiger charge is -2.09. The number of nitrogens with zero attached hydrogens (tertiary/aromatic N) is 1. The summed E-state index contributed by atoms with van der Waals surface area (Å²) >= 11 is 0. The maximum atomic E-state index is 10.5. The van der Waals surface area contributed by atoms with Gasteiger partial charge in [0.25, 0.3) is 0 Å². The number of hydrogen-bond donors (Lipinski definition) is 2. The van der Waals surface area contributed by atoms with Crippen LogP contribution in [0.4, 0.5) is 0 Å². The summed E-state index contributed by atoms with van der Waals surface area (Å²) in [5.41, 5.74) is 4.11. The first kappa shape index (κ1) is 20.1. The predicted octanol–water partition coefficient (Wildman–Crippen LogP) is 5.33. The summed E-state index contributed by atoms with van der Waals surface area (Å²) in [5, 5.41) is 25.0. The molecule has 1 heterocycles. The van der Waals surface area contributed by atoms with Crippen LogP contribution in [0, 0.1) is 18.8 Å². The van der Waals surface area contributed by atoms with Gasteiger partial charge in [-0.2, -0.15) is 0 Å². The van der Waals surface area contributed by atoms with Crippen LogP contribution in [-0.4, -0.2) is 22.5 Å². The molecule has 0 unspecified atom stereocenters. The topological polar surface area (TPSA) is 75.7 Å². The standard InChI is InChI=1S/C26H21NO4/c1-17-25(19-11-13-21(30-2)14-12-19)26(27-31-17)22-15-20(23(28)16-24(22)29)10-6-9-18-7-4-3-5-8-18/h3-5,7-8,11-16,28-29H,10H2,1-2H3. The fourth-order valence-electron chi connectivity index (χ4n) is 3.37. The fourth-order valence-corrected chi connectivity index (χ4v) is 3.37. The molecule has 0 amide bonds. The maximum absolute atomic E-state index is 10.5. The zero-order valence-electron chi connectivity index (χ0n) is 17.2. The minimum Gasteiger partial charge on any atom is -0.507 e. The van der Waals surface area contributed by atoms with E-state index in [1.807, 2.05) is 61.5 Å². The largest absolute Gasteiger partial charge is 0.507 e. The van der Waals surface area contributed by atoms with Crippen LogP contribution in [0.3, 0.4) is 0 Å². The molecular formula is C26H21NO4. The van der Waals surface area contributed by atoms with Gasteiger partial charge in [0.1, 0.15) is 28.7 Å². The van der Waals surface area contributed by atoms with Crippen LogP contribution in [0.5, 0.6) is 17.2 Å². The van der Waals surface area contributed by atoms with E-state index in [0.29, 0.717) is 29.0 Å². The summed E-state index contributed by atoms with van der Waals surface area (Å²) in [6.07, 6.45) is 0.322. The number of rotatable bonds is 4. The molecule has 0 atom stereocenters. The van der Waals surface area contributed by atoms with Gasteiger partial charge in [-0.1, -0.05) is 47.3 Å². The van der Waals surface area contributed by atoms with Crippen molar-refractivity contribution in [2.24, 2.45) is 0 Å². The molecule has 5 heteroatoms. The summed E-state index contributed by atoms with van der Waals surface area (Å²) < 4.78 is 10.7. The van der Waals surface area contributed by atoms with Crippen molar-refractivity contribution in [3.8, 4) is 51.5 Å². The summed E-state index contributed by atoms with van der Waals surface area (Å²) in [4.78, 5) is 0. The lowest BCUT2D eigenvalue weighted by atomic mass is 9.96. The molecule has 0 aliphatic rings. The minimum atomic E-state index is -0.0830. The van der Waals surface area contributed by atoms with Gasteiger partial charge in [-0.15, -0.1) is 0 Å². The monoisotopic (exact) mass is 411 g/mol. The summed E-state index contributed by atoms with van der Waals surface area (Å²) in [7, 11) is 1.61. The number of benzene rings is 3. The van der Waals surface area contributed by atoms with Crippen molar-refractivity contribution in [3.63, 3.8) is 0 Å². The molecule has 4 rings (SSSR count). The van der Waals surface area contributed by atoms with Crippen molar-refractivity contribution < 1.29 is 19.5 Å². The van der Waals surface area contributed by atoms with Crippen LogP contribution in [0.2, 0.25) is 0 Å². The van der Waals surface area contributed by atoms with E-state index < -0.39 is 0 Å². The maximum Gasteiger partial charge on any atom is 0.142 e. The third-order valence-corrected chi connectivity index (χ3v) is 4.98. The summed E-state index contributed by atoms with van der Waals surface area (Å²) in [6.45, 7) is 1.82. The molecule has 31 heavy (non-hydrogen) atoms. The van der Waals surface area contributed by atoms with Gasteiger partial charge in [0.2, 0.25) is 0 Å². The second-order valence-electron chi connectivity index (χ2n) is 7.03. The second-order valence-corrected chi connectivity index (χ2v) is 7.03. The van der Waals surface area contributed by atoms with Crippen LogP contribution in [0.15, 0.2) is 71.3 Å². The molecule has 5 nitrogen and oxygen atoms in total. The van der Waals surface area contributed by atoms with Gasteiger partial charge < -0.3 is 19.5 Å². The molecule has 0 aliphatic heterocycles. The highest BCUT2D eigenvalue weighted by Gasteiger charge is 2.21. The number of ether oxygens (including phenoxy) is 1. The highest BCUT2D eigenvalue weighted by Crippen LogP contribution is 2.41. The molecule has 0 bridgehead atoms. The Hall–Kier alpha value is -4.17. The molecule has 0 radical (unpaired) electrons. The van der Waals surface area contributed by atoms with E-state index in [2.05, 4.69) is 17.0 Å². The van der Waals surface area contributed by atoms with Crippen LogP contribution in [0.1, 0.15) is 16.9 Å². The molecule has 3 aromatic carbocycles. The number of aromatic hydroxyl groups is 2. The van der Waals surface area contributed by atoms with Crippen molar-refractivity contribution >= 4 is 0 Å². The number of aryl methyl sites for hydroxylation is 1. The van der Waals surface area contributed by atoms with Crippen molar-refractivity contribution in [3.05, 3.63) is 83.6 Å². The van der Waals surface area contributed by atoms with Crippen molar-refractivity contribution in [2.75, 3.05) is 7.11 Å². The Morgan fingerprint density at radius 3 is 2.42 bits per heavy atom. The summed E-state index contributed by atoms with van der Waals surface area (Å²) in [6, 6.07) is 20.2. The van der Waals surface area contributed by atoms with Crippen molar-refractivity contribution in [2.45, 2.75) is 13.3 Å². The quantitative estimate of drug-likeness (QED) is 0.444. The fraction of sp³-hybridized carbons (Fsp3) is 0.115. The SMILES string of the molecule is COc1ccc(-c2c(-c3cc(CC#Cc4ccccc4)c(O)cc3O)noc2C)cc1. The first-order valence-corrected chi connectivity index (χ1v) is 9.76. The number of aromatic nitrogens is 1. The lowest BCUT2D eigenvalue weighted by Crippen LogP contribution is -1.90. The smallest absolute Gasteiger partial charge is 0.142 e. The first-order valence-electron chi connectivity index (χ1n) is 9.76. The third kappa shape index (κ3) is 4.24. The number of methoxy groups -OCH3 is 1. The molecule has 0 saturated heterocycles. The average molecular weight is 411 g/mol. The van der Waals surface area contributed by atoms with Crippen LogP contribution in [-0.2, 0) is 6.42 Å². The Kier molecular flexibility index (Phi) is 5.63. The highest BCUT2D eigenvalue weighted by molar-refractivity contribution is 5.85. The van der Waals surface area contributed by atoms with Crippen molar-refractivity contribution in [1.82, 2.24) is 5.16 Å². The van der Waals surface area contributed by atoms with E-state index in [0.717, 1.165) is 22.4 Å². The van der Waals surface area contributed by atoms with Crippen LogP contribution in [0.25, 0.3) is 22.4 Å². The Morgan fingerprint density at radius 2 is 1.71 bits per heavy atom. The Balaban J connectivity index is 1.72. The first-order chi connectivity index (χ1) is 15.1. The number of hydrogen-bond acceptors (Lipinski definition) is 5. The molecule has 4 aromatic rings. The van der Waals surface area contributed by atoms with E-state index >= 15 is 0 Å². The molecule has 0 saturated carbocycles. The normalized spacial score (nSPS) is 10.4. The molecule has 0 fully saturated rings. The van der Waals surface area contributed by atoms with E-state index in [1.165, 1.54) is 6.07 Å². The average Bonchev–Trinajstić information content (AvgIpc) is 3.17. The van der Waals surface area contributed by atoms with Crippen LogP contribution < -0.4 is 4.74 Å². The Labute approximate surface area is 180 Å². The zero-order valence-corrected chi connectivity index (χ0v) is 17.2. The Bertz CT molecular complexity index is 1260. The highest BCUT2D eigenvalue weighted by atomic mass is 16.5. The van der Waals surface area contributed by atoms with E-state index in [9.17, 15) is 10.2 Å². The van der Waals surface area contributed by atoms with Gasteiger partial charge >= 0.3 is 0 Å². The third-order valence-electron chi connectivity index (χ3n) is 4.98. The molecule has 2 N–H and O–H groups in total. The van der Waals surface area contributed by atoms with E-state index in [4.69, 9.17) is 9.26 Å². The van der Waals surface area contributed by atoms with Gasteiger partial charge in [-0.25, -0.2) is 0 Å². The molecule has 0 spiro atoms. The van der Waals surface area contributed by atoms with Gasteiger partial charge in [0, 0.05) is 29.2 Å². The second kappa shape index (κ2) is 8.68. The molecule has 154 valence electrons. The summed E-state index contributed by atoms with van der Waals surface area (Å²) in [5.74, 6) is 7.41. The van der Waals surface area contributed by atoms with Gasteiger partial charge in [0.15, 0.2) is 0 Å². The zero-order chi connectivity index (χ0) is 21.8. The molecular weight excluding hydrogens is 390 g/mol. The van der Waals surface area contributed by atoms with Crippen LogP contribution >= 0.6 is 0 Å². The van der Waals surface area contributed by atoms with E-state index in [1.54, 1.807) is 13.2 Å². The predicted molar refractivity (Wildman–Crippen MR) is 119 cm³/mol. The number of phenols is 2. The van der Waals surface area contributed by atoms with Gasteiger partial charge in [-0.3, -0.25) is 0 Å². The lowest BCUT2D eigenvalue weighted by molar-refractivity contribution is 0.399. The molecule has 0 aliphatic carbocycles. The Morgan fingerprint density at radius 1 is 0.968 bits per heavy atom. The number of phenolic OH excluding ortho intramolecular Hbond substituents is 2. The van der Waals surface area contributed by atoms with E-state index in [-0.39, 0.29) is 11.5 Å². The van der Waals surface area contributed by atoms with Crippen molar-refractivity contribution in [1.29, 1.82) is 0 Å². The molecule has 1 aromatic heterocycles.